The van der Waals surface area contributed by atoms with Crippen molar-refractivity contribution >= 4 is 39.1 Å². The van der Waals surface area contributed by atoms with Gasteiger partial charge in [0.05, 0.1) is 3.79 Å². The smallest absolute Gasteiger partial charge is 0.353 e. The Morgan fingerprint density at radius 1 is 1.11 bits per heavy atom. The fraction of sp³-hybridized carbons (Fsp3) is 0. The van der Waals surface area contributed by atoms with Crippen molar-refractivity contribution in [1.82, 2.24) is 0 Å². The number of hydrogen-bond donors (Lipinski definition) is 1. The van der Waals surface area contributed by atoms with Gasteiger partial charge in [-0.3, -0.25) is 4.79 Å². The Morgan fingerprint density at radius 2 is 1.78 bits per heavy atom. The number of nitrogens with two attached hydrogens (primary N) is 1. The molecule has 0 aliphatic rings. The molecule has 92 valence electrons. The van der Waals surface area contributed by atoms with E-state index in [4.69, 9.17) is 10.5 Å². The van der Waals surface area contributed by atoms with Crippen molar-refractivity contribution in [3.05, 3.63) is 50.6 Å². The second-order valence-corrected chi connectivity index (χ2v) is 5.84. The normalized spacial score (nSPS) is 10.1. The molecule has 0 unspecified atom stereocenters. The molecule has 0 saturated heterocycles. The fourth-order valence-electron chi connectivity index (χ4n) is 1.27. The quantitative estimate of drug-likeness (QED) is 0.696. The Kier molecular flexibility index (Phi) is 3.78. The number of rotatable bonds is 3. The van der Waals surface area contributed by atoms with Gasteiger partial charge in [-0.05, 0) is 52.3 Å². The molecule has 1 heterocycles. The molecule has 0 aliphatic heterocycles. The first-order valence-electron chi connectivity index (χ1n) is 4.93. The summed E-state index contributed by atoms with van der Waals surface area (Å²) in [4.78, 5) is 23.1. The van der Waals surface area contributed by atoms with E-state index in [-0.39, 0.29) is 0 Å². The van der Waals surface area contributed by atoms with Crippen LogP contribution in [0.3, 0.4) is 0 Å². The average molecular weight is 326 g/mol. The van der Waals surface area contributed by atoms with E-state index in [1.165, 1.54) is 35.6 Å². The molecule has 0 atom stereocenters. The Morgan fingerprint density at radius 3 is 2.28 bits per heavy atom. The zero-order valence-corrected chi connectivity index (χ0v) is 11.5. The molecule has 1 amide bonds. The number of carbonyl (C=O) groups excluding carboxylic acids is 2. The van der Waals surface area contributed by atoms with Crippen LogP contribution in [0.5, 0.6) is 5.75 Å². The molecule has 2 N–H and O–H groups in total. The number of thiophene rings is 1. The molecular weight excluding hydrogens is 318 g/mol. The first-order chi connectivity index (χ1) is 8.56. The maximum absolute atomic E-state index is 11.7. The number of esters is 1. The third-order valence-electron chi connectivity index (χ3n) is 2.12. The van der Waals surface area contributed by atoms with Gasteiger partial charge in [0.15, 0.2) is 0 Å². The highest BCUT2D eigenvalue weighted by Crippen LogP contribution is 2.23. The summed E-state index contributed by atoms with van der Waals surface area (Å²) in [5.74, 6) is -0.581. The van der Waals surface area contributed by atoms with Crippen LogP contribution in [0.1, 0.15) is 20.0 Å². The lowest BCUT2D eigenvalue weighted by atomic mass is 10.2. The molecule has 2 rings (SSSR count). The van der Waals surface area contributed by atoms with E-state index in [2.05, 4.69) is 15.9 Å². The lowest BCUT2D eigenvalue weighted by Crippen LogP contribution is -2.11. The number of halogens is 1. The van der Waals surface area contributed by atoms with E-state index in [9.17, 15) is 9.59 Å². The van der Waals surface area contributed by atoms with Crippen LogP contribution in [0.25, 0.3) is 0 Å². The number of hydrogen-bond acceptors (Lipinski definition) is 4. The van der Waals surface area contributed by atoms with Crippen molar-refractivity contribution in [2.24, 2.45) is 5.73 Å². The topological polar surface area (TPSA) is 69.4 Å². The molecule has 18 heavy (non-hydrogen) atoms. The van der Waals surface area contributed by atoms with Gasteiger partial charge in [0.25, 0.3) is 0 Å². The lowest BCUT2D eigenvalue weighted by molar-refractivity contribution is 0.0740. The van der Waals surface area contributed by atoms with Gasteiger partial charge in [0, 0.05) is 5.56 Å². The summed E-state index contributed by atoms with van der Waals surface area (Å²) in [6.07, 6.45) is 0. The number of carbonyl (C=O) groups is 2. The predicted molar refractivity (Wildman–Crippen MR) is 71.9 cm³/mol. The van der Waals surface area contributed by atoms with E-state index in [1.807, 2.05) is 0 Å². The van der Waals surface area contributed by atoms with E-state index >= 15 is 0 Å². The molecule has 0 radical (unpaired) electrons. The van der Waals surface area contributed by atoms with Gasteiger partial charge in [-0.2, -0.15) is 0 Å². The molecule has 0 bridgehead atoms. The van der Waals surface area contributed by atoms with Crippen LogP contribution >= 0.6 is 27.3 Å². The minimum atomic E-state index is -0.518. The van der Waals surface area contributed by atoms with E-state index in [0.29, 0.717) is 16.2 Å². The monoisotopic (exact) mass is 325 g/mol. The lowest BCUT2D eigenvalue weighted by Gasteiger charge is -2.02. The number of primary amides is 1. The molecular formula is C12H8BrNO3S. The van der Waals surface area contributed by atoms with Crippen LogP contribution in [0.15, 0.2) is 40.2 Å². The highest BCUT2D eigenvalue weighted by Gasteiger charge is 2.11. The van der Waals surface area contributed by atoms with Crippen LogP contribution in [0, 0.1) is 0 Å². The molecule has 4 nitrogen and oxygen atoms in total. The summed E-state index contributed by atoms with van der Waals surface area (Å²) in [6, 6.07) is 9.53. The maximum Gasteiger partial charge on any atom is 0.353 e. The predicted octanol–water partition coefficient (Wildman–Crippen LogP) is 2.83. The number of amides is 1. The van der Waals surface area contributed by atoms with Gasteiger partial charge >= 0.3 is 5.97 Å². The Labute approximate surface area is 116 Å². The van der Waals surface area contributed by atoms with Crippen molar-refractivity contribution in [3.8, 4) is 5.75 Å². The maximum atomic E-state index is 11.7. The molecule has 0 aliphatic carbocycles. The molecule has 0 spiro atoms. The summed E-state index contributed by atoms with van der Waals surface area (Å²) >= 11 is 4.56. The second kappa shape index (κ2) is 5.32. The van der Waals surface area contributed by atoms with Gasteiger partial charge in [-0.15, -0.1) is 11.3 Å². The summed E-state index contributed by atoms with van der Waals surface area (Å²) in [6.45, 7) is 0. The Balaban J connectivity index is 2.10. The number of ether oxygens (including phenoxy) is 1. The van der Waals surface area contributed by atoms with Crippen LogP contribution in [-0.2, 0) is 0 Å². The first-order valence-corrected chi connectivity index (χ1v) is 6.54. The number of benzene rings is 1. The van der Waals surface area contributed by atoms with Gasteiger partial charge in [0.1, 0.15) is 10.6 Å². The highest BCUT2D eigenvalue weighted by molar-refractivity contribution is 9.11. The molecule has 2 aromatic rings. The molecule has 1 aromatic heterocycles. The van der Waals surface area contributed by atoms with Crippen LogP contribution in [-0.4, -0.2) is 11.9 Å². The van der Waals surface area contributed by atoms with Gasteiger partial charge in [-0.1, -0.05) is 0 Å². The fourth-order valence-corrected chi connectivity index (χ4v) is 2.53. The van der Waals surface area contributed by atoms with Crippen LogP contribution in [0.2, 0.25) is 0 Å². The summed E-state index contributed by atoms with van der Waals surface area (Å²) < 4.78 is 6.01. The molecule has 1 aromatic carbocycles. The highest BCUT2D eigenvalue weighted by atomic mass is 79.9. The third-order valence-corrected chi connectivity index (χ3v) is 3.73. The van der Waals surface area contributed by atoms with Crippen molar-refractivity contribution in [3.63, 3.8) is 0 Å². The minimum Gasteiger partial charge on any atom is -0.422 e. The zero-order chi connectivity index (χ0) is 13.1. The van der Waals surface area contributed by atoms with Gasteiger partial charge in [-0.25, -0.2) is 4.79 Å². The van der Waals surface area contributed by atoms with E-state index in [0.717, 1.165) is 3.79 Å². The van der Waals surface area contributed by atoms with Crippen LogP contribution < -0.4 is 10.5 Å². The van der Waals surface area contributed by atoms with Gasteiger partial charge in [0.2, 0.25) is 5.91 Å². The Hall–Kier alpha value is -1.66. The minimum absolute atomic E-state index is 0.369. The first kappa shape index (κ1) is 12.8. The zero-order valence-electron chi connectivity index (χ0n) is 9.05. The molecule has 6 heteroatoms. The van der Waals surface area contributed by atoms with Crippen molar-refractivity contribution < 1.29 is 14.3 Å². The molecule has 0 fully saturated rings. The van der Waals surface area contributed by atoms with E-state index in [1.54, 1.807) is 12.1 Å². The summed E-state index contributed by atoms with van der Waals surface area (Å²) in [5.41, 5.74) is 5.48. The second-order valence-electron chi connectivity index (χ2n) is 3.38. The van der Waals surface area contributed by atoms with Crippen molar-refractivity contribution in [1.29, 1.82) is 0 Å². The van der Waals surface area contributed by atoms with Gasteiger partial charge < -0.3 is 10.5 Å². The SMILES string of the molecule is NC(=O)c1ccc(OC(=O)c2ccc(Br)s2)cc1. The Bertz CT molecular complexity index is 592. The standard InChI is InChI=1S/C12H8BrNO3S/c13-10-6-5-9(18-10)12(16)17-8-3-1-7(2-4-8)11(14)15/h1-6H,(H2,14,15). The third kappa shape index (κ3) is 2.96. The summed E-state index contributed by atoms with van der Waals surface area (Å²) in [5, 5.41) is 0. The van der Waals surface area contributed by atoms with E-state index < -0.39 is 11.9 Å². The average Bonchev–Trinajstić information content (AvgIpc) is 2.76. The van der Waals surface area contributed by atoms with Crippen LogP contribution in [0.4, 0.5) is 0 Å². The largest absolute Gasteiger partial charge is 0.422 e. The summed E-state index contributed by atoms with van der Waals surface area (Å²) in [7, 11) is 0. The van der Waals surface area contributed by atoms with Crippen molar-refractivity contribution in [2.75, 3.05) is 0 Å². The van der Waals surface area contributed by atoms with Crippen molar-refractivity contribution in [2.45, 2.75) is 0 Å². The molecule has 0 saturated carbocycles.